The van der Waals surface area contributed by atoms with Gasteiger partial charge < -0.3 is 14.5 Å². The van der Waals surface area contributed by atoms with Gasteiger partial charge in [-0.3, -0.25) is 4.79 Å². The van der Waals surface area contributed by atoms with Gasteiger partial charge in [0.15, 0.2) is 0 Å². The molecule has 4 rings (SSSR count). The Morgan fingerprint density at radius 3 is 2.71 bits per heavy atom. The highest BCUT2D eigenvalue weighted by Crippen LogP contribution is 2.20. The number of carbonyl (C=O) groups excluding carboxylic acids is 1. The van der Waals surface area contributed by atoms with Crippen molar-refractivity contribution in [3.8, 4) is 5.75 Å². The van der Waals surface area contributed by atoms with Crippen molar-refractivity contribution in [3.63, 3.8) is 0 Å². The number of rotatable bonds is 4. The molecule has 3 heterocycles. The summed E-state index contributed by atoms with van der Waals surface area (Å²) in [5.41, 5.74) is 1.16. The van der Waals surface area contributed by atoms with E-state index in [1.165, 1.54) is 24.5 Å². The number of benzene rings is 1. The first-order valence-electron chi connectivity index (χ1n) is 8.78. The van der Waals surface area contributed by atoms with E-state index in [0.29, 0.717) is 37.5 Å². The van der Waals surface area contributed by atoms with Crippen LogP contribution in [0.2, 0.25) is 0 Å². The summed E-state index contributed by atoms with van der Waals surface area (Å²) in [6.07, 6.45) is 1.46. The van der Waals surface area contributed by atoms with E-state index in [-0.39, 0.29) is 11.7 Å². The van der Waals surface area contributed by atoms with Crippen LogP contribution in [0, 0.1) is 6.92 Å². The van der Waals surface area contributed by atoms with E-state index in [1.54, 1.807) is 15.5 Å². The van der Waals surface area contributed by atoms with Gasteiger partial charge in [-0.2, -0.15) is 23.4 Å². The number of ether oxygens (including phenoxy) is 1. The molecule has 0 unspecified atom stereocenters. The van der Waals surface area contributed by atoms with Crippen LogP contribution in [0.15, 0.2) is 36.7 Å². The third-order valence-corrected chi connectivity index (χ3v) is 4.56. The van der Waals surface area contributed by atoms with Crippen LogP contribution in [0.1, 0.15) is 16.1 Å². The summed E-state index contributed by atoms with van der Waals surface area (Å²) in [4.78, 5) is 25.0. The predicted octanol–water partition coefficient (Wildman–Crippen LogP) is 2.00. The normalized spacial score (nSPS) is 14.7. The number of anilines is 1. The second-order valence-electron chi connectivity index (χ2n) is 6.41. The molecular weight excluding hydrogens is 370 g/mol. The molecule has 0 spiro atoms. The van der Waals surface area contributed by atoms with E-state index in [9.17, 15) is 13.6 Å². The van der Waals surface area contributed by atoms with Crippen molar-refractivity contribution < 1.29 is 18.3 Å². The van der Waals surface area contributed by atoms with Gasteiger partial charge in [0, 0.05) is 43.5 Å². The predicted molar refractivity (Wildman–Crippen MR) is 96.7 cm³/mol. The van der Waals surface area contributed by atoms with E-state index < -0.39 is 6.61 Å². The van der Waals surface area contributed by atoms with Crippen LogP contribution in [-0.4, -0.2) is 63.2 Å². The van der Waals surface area contributed by atoms with Gasteiger partial charge in [-0.05, 0) is 25.1 Å². The first-order chi connectivity index (χ1) is 13.5. The van der Waals surface area contributed by atoms with Gasteiger partial charge >= 0.3 is 6.61 Å². The Bertz CT molecular complexity index is 1000. The maximum atomic E-state index is 12.7. The first-order valence-corrected chi connectivity index (χ1v) is 8.78. The summed E-state index contributed by atoms with van der Waals surface area (Å²) in [5, 5.41) is 4.22. The van der Waals surface area contributed by atoms with Crippen LogP contribution in [-0.2, 0) is 0 Å². The number of carbonyl (C=O) groups is 1. The first kappa shape index (κ1) is 18.1. The molecule has 146 valence electrons. The molecule has 8 nitrogen and oxygen atoms in total. The molecule has 0 bridgehead atoms. The van der Waals surface area contributed by atoms with Crippen molar-refractivity contribution >= 4 is 17.5 Å². The summed E-state index contributed by atoms with van der Waals surface area (Å²) >= 11 is 0. The Balaban J connectivity index is 1.47. The topological polar surface area (TPSA) is 75.9 Å². The third-order valence-electron chi connectivity index (χ3n) is 4.56. The van der Waals surface area contributed by atoms with E-state index in [2.05, 4.69) is 24.7 Å². The number of amides is 1. The fourth-order valence-electron chi connectivity index (χ4n) is 3.26. The van der Waals surface area contributed by atoms with E-state index >= 15 is 0 Å². The van der Waals surface area contributed by atoms with Crippen molar-refractivity contribution in [3.05, 3.63) is 47.9 Å². The van der Waals surface area contributed by atoms with Crippen molar-refractivity contribution in [2.75, 3.05) is 31.1 Å². The Kier molecular flexibility index (Phi) is 4.76. The minimum Gasteiger partial charge on any atom is -0.435 e. The molecule has 1 aliphatic rings. The number of halogens is 2. The minimum atomic E-state index is -2.92. The molecule has 1 aromatic carbocycles. The summed E-state index contributed by atoms with van der Waals surface area (Å²) in [6.45, 7) is 1.18. The summed E-state index contributed by atoms with van der Waals surface area (Å²) < 4.78 is 30.8. The number of hydrogen-bond donors (Lipinski definition) is 0. The van der Waals surface area contributed by atoms with Crippen molar-refractivity contribution in [1.29, 1.82) is 0 Å². The van der Waals surface area contributed by atoms with Gasteiger partial charge in [0.25, 0.3) is 11.7 Å². The monoisotopic (exact) mass is 388 g/mol. The lowest BCUT2D eigenvalue weighted by molar-refractivity contribution is -0.0499. The molecule has 0 saturated carbocycles. The molecule has 0 atom stereocenters. The Hall–Kier alpha value is -3.30. The number of aromatic nitrogens is 4. The van der Waals surface area contributed by atoms with Crippen LogP contribution in [0.3, 0.4) is 0 Å². The quantitative estimate of drug-likeness (QED) is 0.681. The number of nitrogens with zero attached hydrogens (tertiary/aromatic N) is 6. The zero-order chi connectivity index (χ0) is 19.7. The lowest BCUT2D eigenvalue weighted by Gasteiger charge is -2.36. The Morgan fingerprint density at radius 1 is 1.18 bits per heavy atom. The smallest absolute Gasteiger partial charge is 0.387 e. The maximum absolute atomic E-state index is 12.7. The van der Waals surface area contributed by atoms with Gasteiger partial charge in [-0.1, -0.05) is 6.07 Å². The van der Waals surface area contributed by atoms with E-state index in [0.717, 1.165) is 11.5 Å². The zero-order valence-electron chi connectivity index (χ0n) is 15.1. The number of fused-ring (bicyclic) bond motifs is 1. The minimum absolute atomic E-state index is 0.0275. The molecule has 0 aliphatic carbocycles. The standard InChI is InChI=1S/C18H18F2N6O2/c1-12-9-15(26-18(23-12)21-11-22-26)24-5-7-25(8-6-24)16(27)13-3-2-4-14(10-13)28-17(19)20/h2-4,9-11,17H,5-8H2,1H3. The van der Waals surface area contributed by atoms with E-state index in [1.807, 2.05) is 13.0 Å². The zero-order valence-corrected chi connectivity index (χ0v) is 15.1. The number of hydrogen-bond acceptors (Lipinski definition) is 6. The van der Waals surface area contributed by atoms with Crippen molar-refractivity contribution in [2.24, 2.45) is 0 Å². The highest BCUT2D eigenvalue weighted by molar-refractivity contribution is 5.94. The van der Waals surface area contributed by atoms with Gasteiger partial charge in [0.05, 0.1) is 0 Å². The highest BCUT2D eigenvalue weighted by atomic mass is 19.3. The molecule has 1 fully saturated rings. The third kappa shape index (κ3) is 3.57. The average molecular weight is 388 g/mol. The van der Waals surface area contributed by atoms with Gasteiger partial charge in [0.1, 0.15) is 17.9 Å². The molecule has 1 amide bonds. The van der Waals surface area contributed by atoms with Crippen molar-refractivity contribution in [1.82, 2.24) is 24.5 Å². The molecule has 3 aromatic rings. The fourth-order valence-corrected chi connectivity index (χ4v) is 3.26. The van der Waals surface area contributed by atoms with Crippen LogP contribution in [0.4, 0.5) is 14.6 Å². The molecule has 1 aliphatic heterocycles. The Morgan fingerprint density at radius 2 is 1.96 bits per heavy atom. The van der Waals surface area contributed by atoms with E-state index in [4.69, 9.17) is 0 Å². The summed E-state index contributed by atoms with van der Waals surface area (Å²) in [6, 6.07) is 7.80. The molecule has 1 saturated heterocycles. The lowest BCUT2D eigenvalue weighted by Crippen LogP contribution is -2.49. The average Bonchev–Trinajstić information content (AvgIpc) is 3.15. The van der Waals surface area contributed by atoms with Crippen molar-refractivity contribution in [2.45, 2.75) is 13.5 Å². The van der Waals surface area contributed by atoms with Crippen LogP contribution in [0.25, 0.3) is 5.78 Å². The van der Waals surface area contributed by atoms with Gasteiger partial charge in [0.2, 0.25) is 0 Å². The molecule has 28 heavy (non-hydrogen) atoms. The fraction of sp³-hybridized carbons (Fsp3) is 0.333. The maximum Gasteiger partial charge on any atom is 0.387 e. The van der Waals surface area contributed by atoms with Crippen LogP contribution < -0.4 is 9.64 Å². The SMILES string of the molecule is Cc1cc(N2CCN(C(=O)c3cccc(OC(F)F)c3)CC2)n2ncnc2n1. The molecule has 0 N–H and O–H groups in total. The summed E-state index contributed by atoms with van der Waals surface area (Å²) in [7, 11) is 0. The lowest BCUT2D eigenvalue weighted by atomic mass is 10.1. The molecular formula is C18H18F2N6O2. The second kappa shape index (κ2) is 7.37. The molecule has 2 aromatic heterocycles. The Labute approximate surface area is 159 Å². The largest absolute Gasteiger partial charge is 0.435 e. The second-order valence-corrected chi connectivity index (χ2v) is 6.41. The van der Waals surface area contributed by atoms with Crippen LogP contribution >= 0.6 is 0 Å². The number of piperazine rings is 1. The van der Waals surface area contributed by atoms with Crippen LogP contribution in [0.5, 0.6) is 5.75 Å². The number of alkyl halides is 2. The van der Waals surface area contributed by atoms with Gasteiger partial charge in [-0.25, -0.2) is 4.98 Å². The molecule has 0 radical (unpaired) electrons. The highest BCUT2D eigenvalue weighted by Gasteiger charge is 2.24. The van der Waals surface area contributed by atoms with Gasteiger partial charge in [-0.15, -0.1) is 0 Å². The molecule has 10 heteroatoms. The summed E-state index contributed by atoms with van der Waals surface area (Å²) in [5.74, 6) is 1.17. The number of aryl methyl sites for hydroxylation is 1.